The lowest BCUT2D eigenvalue weighted by Crippen LogP contribution is -2.52. The molecule has 2 N–H and O–H groups in total. The van der Waals surface area contributed by atoms with Gasteiger partial charge in [-0.2, -0.15) is 0 Å². The van der Waals surface area contributed by atoms with Gasteiger partial charge in [-0.05, 0) is 41.6 Å². The van der Waals surface area contributed by atoms with Crippen molar-refractivity contribution in [3.8, 4) is 33.8 Å². The molecule has 1 unspecified atom stereocenters. The summed E-state index contributed by atoms with van der Waals surface area (Å²) in [7, 11) is 0. The van der Waals surface area contributed by atoms with E-state index in [1.807, 2.05) is 41.4 Å². The van der Waals surface area contributed by atoms with Gasteiger partial charge in [0.05, 0.1) is 30.2 Å². The molecule has 0 aliphatic carbocycles. The van der Waals surface area contributed by atoms with Crippen LogP contribution in [0.5, 0.6) is 0 Å². The van der Waals surface area contributed by atoms with Gasteiger partial charge in [0.1, 0.15) is 23.3 Å². The Kier molecular flexibility index (Phi) is 8.91. The number of aromatic nitrogens is 5. The number of imide groups is 1. The van der Waals surface area contributed by atoms with E-state index in [0.717, 1.165) is 52.1 Å². The minimum Gasteiger partial charge on any atom is -0.356 e. The van der Waals surface area contributed by atoms with Crippen molar-refractivity contribution in [2.75, 3.05) is 6.54 Å². The molecule has 3 aliphatic rings. The van der Waals surface area contributed by atoms with Crippen molar-refractivity contribution < 1.29 is 28.5 Å². The van der Waals surface area contributed by atoms with Crippen molar-refractivity contribution in [2.45, 2.75) is 65.3 Å². The van der Waals surface area contributed by atoms with Gasteiger partial charge >= 0.3 is 0 Å². The number of amides is 5. The van der Waals surface area contributed by atoms with Crippen LogP contribution in [0.3, 0.4) is 0 Å². The highest BCUT2D eigenvalue weighted by atomic mass is 16.5. The maximum absolute atomic E-state index is 13.3. The molecule has 4 aromatic heterocycles. The Bertz CT molecular complexity index is 2650. The Labute approximate surface area is 326 Å². The molecule has 1 saturated heterocycles. The van der Waals surface area contributed by atoms with Crippen LogP contribution in [-0.4, -0.2) is 76.6 Å². The largest absolute Gasteiger partial charge is 0.356 e. The van der Waals surface area contributed by atoms with E-state index >= 15 is 0 Å². The average molecular weight is 764 g/mol. The van der Waals surface area contributed by atoms with Crippen molar-refractivity contribution >= 4 is 40.3 Å². The van der Waals surface area contributed by atoms with Gasteiger partial charge in [-0.25, -0.2) is 4.98 Å². The van der Waals surface area contributed by atoms with Crippen molar-refractivity contribution in [1.82, 2.24) is 45.1 Å². The smallest absolute Gasteiger partial charge is 0.270 e. The number of carbonyl (C=O) groups excluding carboxylic acids is 5. The molecule has 7 heterocycles. The quantitative estimate of drug-likeness (QED) is 0.210. The molecule has 1 fully saturated rings. The van der Waals surface area contributed by atoms with Crippen LogP contribution in [0.15, 0.2) is 77.6 Å². The molecule has 2 aromatic carbocycles. The molecule has 0 radical (unpaired) electrons. The van der Waals surface area contributed by atoms with Gasteiger partial charge in [-0.3, -0.25) is 39.3 Å². The van der Waals surface area contributed by atoms with E-state index in [-0.39, 0.29) is 49.3 Å². The zero-order valence-electron chi connectivity index (χ0n) is 31.2. The second kappa shape index (κ2) is 14.2. The van der Waals surface area contributed by atoms with Crippen molar-refractivity contribution in [3.05, 3.63) is 107 Å². The van der Waals surface area contributed by atoms with Crippen LogP contribution in [0.1, 0.15) is 70.3 Å². The average Bonchev–Trinajstić information content (AvgIpc) is 3.95. The lowest BCUT2D eigenvalue weighted by molar-refractivity contribution is -0.137. The number of piperidine rings is 1. The van der Waals surface area contributed by atoms with Gasteiger partial charge < -0.3 is 24.2 Å². The second-order valence-corrected chi connectivity index (χ2v) is 14.4. The number of carbonyl (C=O) groups is 5. The summed E-state index contributed by atoms with van der Waals surface area (Å²) in [6, 6.07) is 17.7. The zero-order chi connectivity index (χ0) is 39.4. The Balaban J connectivity index is 0.876. The van der Waals surface area contributed by atoms with Crippen molar-refractivity contribution in [3.63, 3.8) is 0 Å². The van der Waals surface area contributed by atoms with Crippen molar-refractivity contribution in [1.29, 1.82) is 0 Å². The highest BCUT2D eigenvalue weighted by molar-refractivity contribution is 6.06. The van der Waals surface area contributed by atoms with E-state index < -0.39 is 17.9 Å². The number of nitrogens with zero attached hydrogens (tertiary/aromatic N) is 7. The van der Waals surface area contributed by atoms with Crippen LogP contribution >= 0.6 is 0 Å². The fraction of sp³-hybridized carbons (Fsp3) is 0.262. The fourth-order valence-corrected chi connectivity index (χ4v) is 8.01. The molecule has 0 saturated carbocycles. The highest BCUT2D eigenvalue weighted by Gasteiger charge is 2.40. The summed E-state index contributed by atoms with van der Waals surface area (Å²) in [5.74, 6) is -0.0316. The van der Waals surface area contributed by atoms with Gasteiger partial charge in [-0.1, -0.05) is 42.4 Å². The standard InChI is InChI=1S/C42H37N9O6/c1-3-37-46-39(35-22-49(23(2)52)14-15-50(35)37)28-8-4-6-24-16-33(44-20-30(24)28)25-10-11-32(43-18-25)40(54)45-19-26-17-36(57-48-26)27-7-5-9-29-31(27)21-51(42(29)56)34-12-13-38(53)47-41(34)55/h4-11,16-18,20,34H,3,12-15,19,21-22H2,1-2H3,(H,45,54)(H,47,53,55). The number of nitrogens with one attached hydrogen (secondary N) is 2. The summed E-state index contributed by atoms with van der Waals surface area (Å²) in [4.78, 5) is 80.3. The molecule has 15 nitrogen and oxygen atoms in total. The number of imidazole rings is 1. The molecule has 15 heteroatoms. The summed E-state index contributed by atoms with van der Waals surface area (Å²) in [5.41, 5.74) is 6.82. The molecule has 1 atom stereocenters. The minimum atomic E-state index is -0.730. The number of pyridine rings is 2. The summed E-state index contributed by atoms with van der Waals surface area (Å²) in [6.07, 6.45) is 4.68. The van der Waals surface area contributed by atoms with Crippen LogP contribution in [-0.2, 0) is 47.0 Å². The van der Waals surface area contributed by atoms with Crippen molar-refractivity contribution in [2.24, 2.45) is 0 Å². The molecule has 0 spiro atoms. The molecule has 5 amide bonds. The van der Waals surface area contributed by atoms with E-state index in [0.29, 0.717) is 46.9 Å². The first-order valence-corrected chi connectivity index (χ1v) is 18.9. The molecular weight excluding hydrogens is 727 g/mol. The van der Waals surface area contributed by atoms with E-state index in [4.69, 9.17) is 14.5 Å². The number of rotatable bonds is 8. The Hall–Kier alpha value is -7.03. The van der Waals surface area contributed by atoms with Gasteiger partial charge in [0, 0.05) is 85.5 Å². The zero-order valence-corrected chi connectivity index (χ0v) is 31.2. The lowest BCUT2D eigenvalue weighted by atomic mass is 10.0. The molecule has 286 valence electrons. The van der Waals surface area contributed by atoms with E-state index in [9.17, 15) is 24.0 Å². The predicted octanol–water partition coefficient (Wildman–Crippen LogP) is 4.43. The SMILES string of the molecule is CCc1nc(-c2cccc3cc(-c4ccc(C(=O)NCc5cc(-c6cccc7c6CN(C6CCC(=O)NC6=O)C7=O)on5)nc4)ncc23)c2n1CCN(C(C)=O)C2. The van der Waals surface area contributed by atoms with Gasteiger partial charge in [-0.15, -0.1) is 0 Å². The van der Waals surface area contributed by atoms with Crippen LogP contribution < -0.4 is 10.6 Å². The monoisotopic (exact) mass is 763 g/mol. The van der Waals surface area contributed by atoms with Crippen LogP contribution in [0, 0.1) is 0 Å². The third kappa shape index (κ3) is 6.40. The summed E-state index contributed by atoms with van der Waals surface area (Å²) in [6.45, 7) is 5.85. The molecule has 6 aromatic rings. The number of benzene rings is 2. The van der Waals surface area contributed by atoms with Gasteiger partial charge in [0.25, 0.3) is 11.8 Å². The van der Waals surface area contributed by atoms with E-state index in [1.165, 1.54) is 4.90 Å². The highest BCUT2D eigenvalue weighted by Crippen LogP contribution is 2.36. The van der Waals surface area contributed by atoms with Crippen LogP contribution in [0.4, 0.5) is 0 Å². The Morgan fingerprint density at radius 1 is 0.947 bits per heavy atom. The molecular formula is C42H37N9O6. The third-order valence-corrected chi connectivity index (χ3v) is 11.0. The number of aryl methyl sites for hydroxylation is 1. The van der Waals surface area contributed by atoms with Gasteiger partial charge in [0.2, 0.25) is 17.7 Å². The topological polar surface area (TPSA) is 186 Å². The van der Waals surface area contributed by atoms with E-state index in [1.54, 1.807) is 43.5 Å². The summed E-state index contributed by atoms with van der Waals surface area (Å²) >= 11 is 0. The van der Waals surface area contributed by atoms with Crippen LogP contribution in [0.2, 0.25) is 0 Å². The third-order valence-electron chi connectivity index (χ3n) is 11.0. The predicted molar refractivity (Wildman–Crippen MR) is 206 cm³/mol. The molecule has 9 rings (SSSR count). The number of fused-ring (bicyclic) bond motifs is 3. The van der Waals surface area contributed by atoms with E-state index in [2.05, 4.69) is 32.3 Å². The number of hydrogen-bond donors (Lipinski definition) is 2. The number of hydrogen-bond acceptors (Lipinski definition) is 10. The first-order chi connectivity index (χ1) is 27.7. The maximum Gasteiger partial charge on any atom is 0.270 e. The normalized spacial score (nSPS) is 16.5. The minimum absolute atomic E-state index is 0.0483. The molecule has 3 aliphatic heterocycles. The molecule has 0 bridgehead atoms. The first-order valence-electron chi connectivity index (χ1n) is 18.9. The Morgan fingerprint density at radius 2 is 1.77 bits per heavy atom. The van der Waals surface area contributed by atoms with Gasteiger partial charge in [0.15, 0.2) is 5.76 Å². The fourth-order valence-electron chi connectivity index (χ4n) is 8.01. The summed E-state index contributed by atoms with van der Waals surface area (Å²) in [5, 5.41) is 11.2. The van der Waals surface area contributed by atoms with Crippen LogP contribution in [0.25, 0.3) is 44.6 Å². The Morgan fingerprint density at radius 3 is 2.56 bits per heavy atom. The molecule has 57 heavy (non-hydrogen) atoms. The second-order valence-electron chi connectivity index (χ2n) is 14.4. The first kappa shape index (κ1) is 35.7. The summed E-state index contributed by atoms with van der Waals surface area (Å²) < 4.78 is 7.88. The lowest BCUT2D eigenvalue weighted by Gasteiger charge is -2.29. The maximum atomic E-state index is 13.3.